The number of carbonyl (C=O) groups is 1. The van der Waals surface area contributed by atoms with Crippen LogP contribution in [0.5, 0.6) is 0 Å². The van der Waals surface area contributed by atoms with Gasteiger partial charge in [0, 0.05) is 18.3 Å². The lowest BCUT2D eigenvalue weighted by Crippen LogP contribution is -2.42. The zero-order valence-corrected chi connectivity index (χ0v) is 14.9. The van der Waals surface area contributed by atoms with E-state index in [2.05, 4.69) is 22.5 Å². The molecule has 0 aromatic heterocycles. The van der Waals surface area contributed by atoms with Gasteiger partial charge in [-0.25, -0.2) is 0 Å². The number of carbonyl (C=O) groups excluding carboxylic acids is 1. The van der Waals surface area contributed by atoms with Crippen molar-refractivity contribution in [1.82, 2.24) is 10.2 Å². The van der Waals surface area contributed by atoms with Crippen molar-refractivity contribution in [3.8, 4) is 0 Å². The number of nitrogens with zero attached hydrogens (tertiary/aromatic N) is 1. The normalized spacial score (nSPS) is 17.4. The maximum absolute atomic E-state index is 12.2. The Bertz CT molecular complexity index is 493. The number of halogens is 3. The van der Waals surface area contributed by atoms with Crippen LogP contribution in [0, 0.1) is 0 Å². The van der Waals surface area contributed by atoms with E-state index in [1.165, 1.54) is 0 Å². The van der Waals surface area contributed by atoms with Crippen LogP contribution < -0.4 is 10.6 Å². The van der Waals surface area contributed by atoms with Gasteiger partial charge >= 0.3 is 0 Å². The Morgan fingerprint density at radius 2 is 2.18 bits per heavy atom. The Labute approximate surface area is 147 Å². The van der Waals surface area contributed by atoms with Gasteiger partial charge in [-0.05, 0) is 44.1 Å². The molecule has 7 heteroatoms. The second-order valence-electron chi connectivity index (χ2n) is 5.29. The Kier molecular flexibility index (Phi) is 8.50. The Morgan fingerprint density at radius 3 is 2.77 bits per heavy atom. The lowest BCUT2D eigenvalue weighted by molar-refractivity contribution is -0.117. The van der Waals surface area contributed by atoms with Crippen LogP contribution in [0.2, 0.25) is 10.0 Å². The van der Waals surface area contributed by atoms with E-state index in [1.54, 1.807) is 18.2 Å². The zero-order valence-electron chi connectivity index (χ0n) is 12.6. The molecule has 1 aliphatic heterocycles. The van der Waals surface area contributed by atoms with Crippen molar-refractivity contribution in [2.24, 2.45) is 0 Å². The summed E-state index contributed by atoms with van der Waals surface area (Å²) in [6.07, 6.45) is 2.14. The highest BCUT2D eigenvalue weighted by Gasteiger charge is 2.23. The minimum Gasteiger partial charge on any atom is -0.325 e. The SMILES string of the molecule is CCCN(CC(=O)Nc1ccc(Cl)c(Cl)c1)C1CCNC1.Cl. The van der Waals surface area contributed by atoms with Crippen LogP contribution in [0.15, 0.2) is 18.2 Å². The van der Waals surface area contributed by atoms with Crippen LogP contribution in [-0.4, -0.2) is 43.0 Å². The molecule has 1 aliphatic rings. The third-order valence-corrected chi connectivity index (χ3v) is 4.35. The molecule has 4 nitrogen and oxygen atoms in total. The molecule has 1 amide bonds. The number of hydrogen-bond acceptors (Lipinski definition) is 3. The highest BCUT2D eigenvalue weighted by Crippen LogP contribution is 2.25. The fourth-order valence-electron chi connectivity index (χ4n) is 2.59. The van der Waals surface area contributed by atoms with Crippen LogP contribution >= 0.6 is 35.6 Å². The van der Waals surface area contributed by atoms with Gasteiger partial charge in [0.2, 0.25) is 5.91 Å². The molecule has 1 saturated heterocycles. The first kappa shape index (κ1) is 19.5. The van der Waals surface area contributed by atoms with Gasteiger partial charge < -0.3 is 10.6 Å². The van der Waals surface area contributed by atoms with Gasteiger partial charge in [-0.2, -0.15) is 0 Å². The quantitative estimate of drug-likeness (QED) is 0.810. The summed E-state index contributed by atoms with van der Waals surface area (Å²) in [5, 5.41) is 7.15. The Balaban J connectivity index is 0.00000242. The molecule has 0 saturated carbocycles. The summed E-state index contributed by atoms with van der Waals surface area (Å²) in [5.74, 6) is -0.0197. The summed E-state index contributed by atoms with van der Waals surface area (Å²) in [6, 6.07) is 5.56. The minimum absolute atomic E-state index is 0. The standard InChI is InChI=1S/C15H21Cl2N3O.ClH/c1-2-7-20(12-5-6-18-9-12)10-15(21)19-11-3-4-13(16)14(17)8-11;/h3-4,8,12,18H,2,5-7,9-10H2,1H3,(H,19,21);1H. The van der Waals surface area contributed by atoms with E-state index in [4.69, 9.17) is 23.2 Å². The van der Waals surface area contributed by atoms with Gasteiger partial charge in [0.1, 0.15) is 0 Å². The van der Waals surface area contributed by atoms with E-state index in [-0.39, 0.29) is 18.3 Å². The molecule has 0 radical (unpaired) electrons. The van der Waals surface area contributed by atoms with Crippen molar-refractivity contribution in [1.29, 1.82) is 0 Å². The van der Waals surface area contributed by atoms with Crippen LogP contribution in [0.3, 0.4) is 0 Å². The van der Waals surface area contributed by atoms with E-state index in [9.17, 15) is 4.79 Å². The highest BCUT2D eigenvalue weighted by atomic mass is 35.5. The highest BCUT2D eigenvalue weighted by molar-refractivity contribution is 6.42. The predicted molar refractivity (Wildman–Crippen MR) is 95.5 cm³/mol. The average molecular weight is 367 g/mol. The van der Waals surface area contributed by atoms with Crippen molar-refractivity contribution in [2.75, 3.05) is 31.5 Å². The first-order valence-corrected chi connectivity index (χ1v) is 8.05. The zero-order chi connectivity index (χ0) is 15.2. The summed E-state index contributed by atoms with van der Waals surface area (Å²) in [4.78, 5) is 14.4. The molecular weight excluding hydrogens is 345 g/mol. The van der Waals surface area contributed by atoms with Crippen LogP contribution in [0.1, 0.15) is 19.8 Å². The maximum Gasteiger partial charge on any atom is 0.238 e. The largest absolute Gasteiger partial charge is 0.325 e. The molecule has 0 aliphatic carbocycles. The fourth-order valence-corrected chi connectivity index (χ4v) is 2.89. The Hall–Kier alpha value is -0.520. The minimum atomic E-state index is -0.0197. The molecule has 1 fully saturated rings. The molecule has 0 spiro atoms. The molecule has 124 valence electrons. The maximum atomic E-state index is 12.2. The second-order valence-corrected chi connectivity index (χ2v) is 6.11. The summed E-state index contributed by atoms with van der Waals surface area (Å²) in [5.41, 5.74) is 0.676. The van der Waals surface area contributed by atoms with E-state index in [1.807, 2.05) is 0 Å². The van der Waals surface area contributed by atoms with Crippen LogP contribution in [0.4, 0.5) is 5.69 Å². The van der Waals surface area contributed by atoms with Gasteiger partial charge in [-0.3, -0.25) is 9.69 Å². The number of nitrogens with one attached hydrogen (secondary N) is 2. The van der Waals surface area contributed by atoms with Gasteiger partial charge in [-0.15, -0.1) is 12.4 Å². The summed E-state index contributed by atoms with van der Waals surface area (Å²) >= 11 is 11.8. The van der Waals surface area contributed by atoms with Gasteiger partial charge in [0.15, 0.2) is 0 Å². The molecule has 1 aromatic carbocycles. The molecule has 2 rings (SSSR count). The summed E-state index contributed by atoms with van der Waals surface area (Å²) in [7, 11) is 0. The topological polar surface area (TPSA) is 44.4 Å². The third kappa shape index (κ3) is 5.60. The number of rotatable bonds is 6. The number of benzene rings is 1. The first-order chi connectivity index (χ1) is 10.1. The van der Waals surface area contributed by atoms with Gasteiger partial charge in [0.25, 0.3) is 0 Å². The lowest BCUT2D eigenvalue weighted by Gasteiger charge is -2.27. The number of amides is 1. The average Bonchev–Trinajstić information content (AvgIpc) is 2.96. The van der Waals surface area contributed by atoms with Crippen molar-refractivity contribution in [3.63, 3.8) is 0 Å². The molecule has 1 unspecified atom stereocenters. The van der Waals surface area contributed by atoms with Crippen molar-refractivity contribution in [3.05, 3.63) is 28.2 Å². The van der Waals surface area contributed by atoms with E-state index in [0.717, 1.165) is 32.5 Å². The molecular formula is C15H22Cl3N3O. The predicted octanol–water partition coefficient (Wildman–Crippen LogP) is 3.43. The third-order valence-electron chi connectivity index (χ3n) is 3.61. The van der Waals surface area contributed by atoms with Crippen molar-refractivity contribution >= 4 is 47.2 Å². The number of anilines is 1. The lowest BCUT2D eigenvalue weighted by atomic mass is 10.2. The molecule has 1 aromatic rings. The van der Waals surface area contributed by atoms with E-state index < -0.39 is 0 Å². The van der Waals surface area contributed by atoms with Crippen molar-refractivity contribution in [2.45, 2.75) is 25.8 Å². The molecule has 2 N–H and O–H groups in total. The van der Waals surface area contributed by atoms with Crippen LogP contribution in [0.25, 0.3) is 0 Å². The first-order valence-electron chi connectivity index (χ1n) is 7.30. The van der Waals surface area contributed by atoms with Crippen LogP contribution in [-0.2, 0) is 4.79 Å². The monoisotopic (exact) mass is 365 g/mol. The van der Waals surface area contributed by atoms with E-state index in [0.29, 0.717) is 28.3 Å². The van der Waals surface area contributed by atoms with E-state index >= 15 is 0 Å². The molecule has 22 heavy (non-hydrogen) atoms. The van der Waals surface area contributed by atoms with Gasteiger partial charge in [-0.1, -0.05) is 30.1 Å². The van der Waals surface area contributed by atoms with Gasteiger partial charge in [0.05, 0.1) is 16.6 Å². The molecule has 0 bridgehead atoms. The molecule has 1 heterocycles. The van der Waals surface area contributed by atoms with Crippen molar-refractivity contribution < 1.29 is 4.79 Å². The summed E-state index contributed by atoms with van der Waals surface area (Å²) < 4.78 is 0. The Morgan fingerprint density at radius 1 is 1.41 bits per heavy atom. The smallest absolute Gasteiger partial charge is 0.238 e. The molecule has 1 atom stereocenters. The fraction of sp³-hybridized carbons (Fsp3) is 0.533. The second kappa shape index (κ2) is 9.58. The summed E-state index contributed by atoms with van der Waals surface area (Å²) in [6.45, 7) is 5.45. The number of hydrogen-bond donors (Lipinski definition) is 2.